The predicted molar refractivity (Wildman–Crippen MR) is 68.3 cm³/mol. The second-order valence-electron chi connectivity index (χ2n) is 3.64. The minimum Gasteiger partial charge on any atom is -0.370 e. The van der Waals surface area contributed by atoms with Gasteiger partial charge in [0.15, 0.2) is 0 Å². The Balaban J connectivity index is 2.65. The topological polar surface area (TPSA) is 24.9 Å². The van der Waals surface area contributed by atoms with Gasteiger partial charge in [-0.15, -0.1) is 0 Å². The van der Waals surface area contributed by atoms with E-state index < -0.39 is 0 Å². The van der Waals surface area contributed by atoms with E-state index in [2.05, 4.69) is 26.2 Å². The van der Waals surface area contributed by atoms with Gasteiger partial charge in [-0.2, -0.15) is 0 Å². The summed E-state index contributed by atoms with van der Waals surface area (Å²) in [5.74, 6) is 0.531. The summed E-state index contributed by atoms with van der Waals surface area (Å²) in [5, 5.41) is 4.09. The highest BCUT2D eigenvalue weighted by atomic mass is 79.9. The number of hydrogen-bond donors (Lipinski definition) is 1. The first-order valence-corrected chi connectivity index (χ1v) is 5.91. The molecule has 4 heteroatoms. The van der Waals surface area contributed by atoms with Gasteiger partial charge in [-0.1, -0.05) is 0 Å². The van der Waals surface area contributed by atoms with Crippen LogP contribution in [0.4, 0.5) is 10.2 Å². The number of pyridine rings is 1. The van der Waals surface area contributed by atoms with Gasteiger partial charge in [0.2, 0.25) is 0 Å². The molecule has 0 saturated heterocycles. The first-order valence-electron chi connectivity index (χ1n) is 5.12. The highest BCUT2D eigenvalue weighted by Crippen LogP contribution is 2.25. The molecule has 84 valence electrons. The van der Waals surface area contributed by atoms with Crippen LogP contribution in [-0.4, -0.2) is 11.5 Å². The highest BCUT2D eigenvalue weighted by Gasteiger charge is 2.06. The molecule has 1 aromatic carbocycles. The summed E-state index contributed by atoms with van der Waals surface area (Å²) >= 11 is 3.17. The normalized spacial score (nSPS) is 10.8. The lowest BCUT2D eigenvalue weighted by molar-refractivity contribution is 0.623. The Morgan fingerprint density at radius 2 is 2.12 bits per heavy atom. The second-order valence-corrected chi connectivity index (χ2v) is 4.50. The van der Waals surface area contributed by atoms with Gasteiger partial charge < -0.3 is 5.32 Å². The largest absolute Gasteiger partial charge is 0.370 e. The summed E-state index contributed by atoms with van der Waals surface area (Å²) in [6.07, 6.45) is 0. The van der Waals surface area contributed by atoms with E-state index in [0.717, 1.165) is 23.3 Å². The van der Waals surface area contributed by atoms with Crippen LogP contribution in [0.15, 0.2) is 22.7 Å². The van der Waals surface area contributed by atoms with E-state index in [1.165, 1.54) is 6.07 Å². The highest BCUT2D eigenvalue weighted by molar-refractivity contribution is 9.10. The van der Waals surface area contributed by atoms with Gasteiger partial charge in [0, 0.05) is 18.0 Å². The van der Waals surface area contributed by atoms with Crippen LogP contribution in [0.1, 0.15) is 12.5 Å². The Hall–Kier alpha value is -1.16. The van der Waals surface area contributed by atoms with Gasteiger partial charge in [-0.25, -0.2) is 9.37 Å². The molecule has 0 unspecified atom stereocenters. The van der Waals surface area contributed by atoms with E-state index >= 15 is 0 Å². The van der Waals surface area contributed by atoms with Crippen molar-refractivity contribution >= 4 is 32.7 Å². The number of benzene rings is 1. The van der Waals surface area contributed by atoms with Gasteiger partial charge in [0.25, 0.3) is 0 Å². The van der Waals surface area contributed by atoms with Gasteiger partial charge in [-0.3, -0.25) is 0 Å². The van der Waals surface area contributed by atoms with Crippen LogP contribution in [0, 0.1) is 12.7 Å². The van der Waals surface area contributed by atoms with E-state index in [1.807, 2.05) is 19.9 Å². The number of halogens is 2. The van der Waals surface area contributed by atoms with Crippen LogP contribution < -0.4 is 5.32 Å². The fourth-order valence-electron chi connectivity index (χ4n) is 1.62. The SMILES string of the molecule is CCNc1nc2cc(F)c(Br)cc2cc1C. The van der Waals surface area contributed by atoms with Crippen LogP contribution in [0.25, 0.3) is 10.9 Å². The molecule has 2 rings (SSSR count). The van der Waals surface area contributed by atoms with Crippen LogP contribution in [-0.2, 0) is 0 Å². The third-order valence-electron chi connectivity index (χ3n) is 2.39. The monoisotopic (exact) mass is 282 g/mol. The van der Waals surface area contributed by atoms with Gasteiger partial charge in [-0.05, 0) is 47.5 Å². The fourth-order valence-corrected chi connectivity index (χ4v) is 1.98. The van der Waals surface area contributed by atoms with E-state index in [9.17, 15) is 4.39 Å². The number of rotatable bonds is 2. The minimum atomic E-state index is -0.286. The molecule has 0 amide bonds. The van der Waals surface area contributed by atoms with Crippen LogP contribution >= 0.6 is 15.9 Å². The maximum atomic E-state index is 13.4. The smallest absolute Gasteiger partial charge is 0.139 e. The Bertz CT molecular complexity index is 540. The van der Waals surface area contributed by atoms with Crippen molar-refractivity contribution in [3.63, 3.8) is 0 Å². The molecule has 0 spiro atoms. The molecule has 0 bridgehead atoms. The molecule has 2 nitrogen and oxygen atoms in total. The number of fused-ring (bicyclic) bond motifs is 1. The average Bonchev–Trinajstić information content (AvgIpc) is 2.23. The number of nitrogens with zero attached hydrogens (tertiary/aromatic N) is 1. The summed E-state index contributed by atoms with van der Waals surface area (Å²) < 4.78 is 13.8. The molecule has 1 aromatic heterocycles. The fraction of sp³-hybridized carbons (Fsp3) is 0.250. The summed E-state index contributed by atoms with van der Waals surface area (Å²) in [5.41, 5.74) is 1.73. The maximum absolute atomic E-state index is 13.4. The molecule has 1 N–H and O–H groups in total. The zero-order valence-electron chi connectivity index (χ0n) is 9.14. The molecule has 0 aliphatic rings. The van der Waals surface area contributed by atoms with Crippen molar-refractivity contribution in [3.05, 3.63) is 34.1 Å². The van der Waals surface area contributed by atoms with Gasteiger partial charge in [0.05, 0.1) is 9.99 Å². The predicted octanol–water partition coefficient (Wildman–Crippen LogP) is 3.88. The van der Waals surface area contributed by atoms with Crippen LogP contribution in [0.5, 0.6) is 0 Å². The Labute approximate surface area is 102 Å². The van der Waals surface area contributed by atoms with E-state index in [-0.39, 0.29) is 5.82 Å². The molecule has 2 aromatic rings. The lowest BCUT2D eigenvalue weighted by Gasteiger charge is -2.08. The van der Waals surface area contributed by atoms with Crippen LogP contribution in [0.3, 0.4) is 0 Å². The molecule has 0 fully saturated rings. The second kappa shape index (κ2) is 4.37. The Morgan fingerprint density at radius 1 is 1.38 bits per heavy atom. The Kier molecular flexibility index (Phi) is 3.10. The number of aryl methyl sites for hydroxylation is 1. The third-order valence-corrected chi connectivity index (χ3v) is 3.00. The summed E-state index contributed by atoms with van der Waals surface area (Å²) in [6, 6.07) is 5.20. The van der Waals surface area contributed by atoms with Crippen molar-refractivity contribution in [2.45, 2.75) is 13.8 Å². The third kappa shape index (κ3) is 2.02. The van der Waals surface area contributed by atoms with Crippen molar-refractivity contribution in [2.24, 2.45) is 0 Å². The van der Waals surface area contributed by atoms with Crippen molar-refractivity contribution < 1.29 is 4.39 Å². The molecule has 0 aliphatic heterocycles. The molecule has 0 radical (unpaired) electrons. The van der Waals surface area contributed by atoms with Crippen molar-refractivity contribution in [3.8, 4) is 0 Å². The zero-order valence-corrected chi connectivity index (χ0v) is 10.7. The quantitative estimate of drug-likeness (QED) is 0.904. The van der Waals surface area contributed by atoms with Gasteiger partial charge in [0.1, 0.15) is 11.6 Å². The van der Waals surface area contributed by atoms with Crippen molar-refractivity contribution in [2.75, 3.05) is 11.9 Å². The average molecular weight is 283 g/mol. The summed E-state index contributed by atoms with van der Waals surface area (Å²) in [7, 11) is 0. The Morgan fingerprint density at radius 3 is 2.81 bits per heavy atom. The summed E-state index contributed by atoms with van der Waals surface area (Å²) in [4.78, 5) is 4.39. The lowest BCUT2D eigenvalue weighted by Crippen LogP contribution is -2.01. The van der Waals surface area contributed by atoms with E-state index in [1.54, 1.807) is 6.07 Å². The molecule has 0 aliphatic carbocycles. The molecule has 1 heterocycles. The number of nitrogens with one attached hydrogen (secondary N) is 1. The first-order chi connectivity index (χ1) is 7.61. The maximum Gasteiger partial charge on any atom is 0.139 e. The zero-order chi connectivity index (χ0) is 11.7. The standard InChI is InChI=1S/C12H12BrFN2/c1-3-15-12-7(2)4-8-5-9(13)10(14)6-11(8)16-12/h4-6H,3H2,1-2H3,(H,15,16). The number of hydrogen-bond acceptors (Lipinski definition) is 2. The van der Waals surface area contributed by atoms with E-state index in [0.29, 0.717) is 9.99 Å². The molecule has 16 heavy (non-hydrogen) atoms. The van der Waals surface area contributed by atoms with Crippen LogP contribution in [0.2, 0.25) is 0 Å². The number of anilines is 1. The van der Waals surface area contributed by atoms with Gasteiger partial charge >= 0.3 is 0 Å². The first kappa shape index (κ1) is 11.3. The minimum absolute atomic E-state index is 0.286. The van der Waals surface area contributed by atoms with E-state index in [4.69, 9.17) is 0 Å². The molecule has 0 saturated carbocycles. The molecule has 0 atom stereocenters. The summed E-state index contributed by atoms with van der Waals surface area (Å²) in [6.45, 7) is 4.80. The number of aromatic nitrogens is 1. The molecular formula is C12H12BrFN2. The molecular weight excluding hydrogens is 271 g/mol. The lowest BCUT2D eigenvalue weighted by atomic mass is 10.1. The van der Waals surface area contributed by atoms with Crippen molar-refractivity contribution in [1.82, 2.24) is 4.98 Å². The van der Waals surface area contributed by atoms with Crippen molar-refractivity contribution in [1.29, 1.82) is 0 Å².